The van der Waals surface area contributed by atoms with E-state index in [2.05, 4.69) is 13.8 Å². The molecule has 0 saturated heterocycles. The summed E-state index contributed by atoms with van der Waals surface area (Å²) in [6, 6.07) is 6.15. The third-order valence-electron chi connectivity index (χ3n) is 2.38. The molecular weight excluding hydrogens is 214 g/mol. The number of nitrogens with two attached hydrogens (primary N) is 1. The minimum Gasteiger partial charge on any atom is -0.507 e. The quantitative estimate of drug-likeness (QED) is 0.770. The standard InChI is InChI=1S/C7H7NO2.C7H16/c8-7(10)5-3-1-2-4-6(5)9;1-3-5-7-6-4-2/h1-4,9H,(H2,8,10);3-7H2,1-2H3. The van der Waals surface area contributed by atoms with Crippen LogP contribution < -0.4 is 5.73 Å². The number of hydrogen-bond acceptors (Lipinski definition) is 2. The van der Waals surface area contributed by atoms with E-state index in [-0.39, 0.29) is 11.3 Å². The van der Waals surface area contributed by atoms with Gasteiger partial charge in [-0.15, -0.1) is 0 Å². The lowest BCUT2D eigenvalue weighted by Gasteiger charge is -1.96. The molecule has 1 aromatic carbocycles. The van der Waals surface area contributed by atoms with E-state index < -0.39 is 5.91 Å². The topological polar surface area (TPSA) is 63.3 Å². The minimum absolute atomic E-state index is 0.0741. The third-order valence-corrected chi connectivity index (χ3v) is 2.38. The van der Waals surface area contributed by atoms with Crippen LogP contribution in [0, 0.1) is 0 Å². The molecule has 3 heteroatoms. The number of aromatic hydroxyl groups is 1. The van der Waals surface area contributed by atoms with Crippen LogP contribution in [-0.2, 0) is 0 Å². The van der Waals surface area contributed by atoms with Crippen molar-refractivity contribution in [2.75, 3.05) is 0 Å². The monoisotopic (exact) mass is 237 g/mol. The Morgan fingerprint density at radius 1 is 1.12 bits per heavy atom. The molecule has 0 aromatic heterocycles. The lowest BCUT2D eigenvalue weighted by molar-refractivity contribution is 0.0998. The molecule has 3 nitrogen and oxygen atoms in total. The molecule has 0 aliphatic rings. The summed E-state index contributed by atoms with van der Waals surface area (Å²) >= 11 is 0. The van der Waals surface area contributed by atoms with Gasteiger partial charge in [0.05, 0.1) is 5.56 Å². The van der Waals surface area contributed by atoms with Crippen molar-refractivity contribution in [3.8, 4) is 5.75 Å². The van der Waals surface area contributed by atoms with Crippen LogP contribution in [0.5, 0.6) is 5.75 Å². The van der Waals surface area contributed by atoms with Gasteiger partial charge in [0.1, 0.15) is 5.75 Å². The molecule has 0 heterocycles. The summed E-state index contributed by atoms with van der Waals surface area (Å²) in [4.78, 5) is 10.5. The number of carbonyl (C=O) groups excluding carboxylic acids is 1. The number of para-hydroxylation sites is 1. The van der Waals surface area contributed by atoms with Crippen molar-refractivity contribution < 1.29 is 9.90 Å². The SMILES string of the molecule is CCCCCCC.NC(=O)c1ccccc1O. The fraction of sp³-hybridized carbons (Fsp3) is 0.500. The maximum atomic E-state index is 10.5. The average Bonchev–Trinajstić information content (AvgIpc) is 2.31. The fourth-order valence-electron chi connectivity index (χ4n) is 1.36. The molecule has 1 aromatic rings. The van der Waals surface area contributed by atoms with E-state index in [1.54, 1.807) is 12.1 Å². The Morgan fingerprint density at radius 2 is 1.65 bits per heavy atom. The number of rotatable bonds is 5. The molecular formula is C14H23NO2. The molecule has 1 amide bonds. The summed E-state index contributed by atoms with van der Waals surface area (Å²) < 4.78 is 0. The zero-order valence-corrected chi connectivity index (χ0v) is 10.8. The zero-order chi connectivity index (χ0) is 13.1. The Bertz CT molecular complexity index is 320. The smallest absolute Gasteiger partial charge is 0.252 e. The lowest BCUT2D eigenvalue weighted by atomic mass is 10.2. The molecule has 1 rings (SSSR count). The van der Waals surface area contributed by atoms with Crippen molar-refractivity contribution in [2.24, 2.45) is 5.73 Å². The van der Waals surface area contributed by atoms with Gasteiger partial charge in [-0.25, -0.2) is 0 Å². The summed E-state index contributed by atoms with van der Waals surface area (Å²) in [6.07, 6.45) is 7.01. The van der Waals surface area contributed by atoms with Gasteiger partial charge < -0.3 is 10.8 Å². The summed E-state index contributed by atoms with van der Waals surface area (Å²) in [5.74, 6) is -0.687. The molecule has 96 valence electrons. The molecule has 0 fully saturated rings. The van der Waals surface area contributed by atoms with Crippen molar-refractivity contribution in [3.63, 3.8) is 0 Å². The lowest BCUT2D eigenvalue weighted by Crippen LogP contribution is -2.10. The Labute approximate surface area is 104 Å². The van der Waals surface area contributed by atoms with Crippen LogP contribution in [0.4, 0.5) is 0 Å². The number of phenols is 1. The number of primary amides is 1. The maximum absolute atomic E-state index is 10.5. The van der Waals surface area contributed by atoms with Gasteiger partial charge in [0, 0.05) is 0 Å². The van der Waals surface area contributed by atoms with E-state index in [0.29, 0.717) is 0 Å². The van der Waals surface area contributed by atoms with Gasteiger partial charge in [-0.1, -0.05) is 58.1 Å². The van der Waals surface area contributed by atoms with Crippen LogP contribution in [0.1, 0.15) is 56.3 Å². The highest BCUT2D eigenvalue weighted by Gasteiger charge is 2.03. The second kappa shape index (κ2) is 9.70. The van der Waals surface area contributed by atoms with E-state index >= 15 is 0 Å². The third kappa shape index (κ3) is 7.39. The number of hydrogen-bond donors (Lipinski definition) is 2. The second-order valence-electron chi connectivity index (χ2n) is 3.94. The van der Waals surface area contributed by atoms with E-state index in [1.807, 2.05) is 0 Å². The maximum Gasteiger partial charge on any atom is 0.252 e. The highest BCUT2D eigenvalue weighted by molar-refractivity contribution is 5.95. The average molecular weight is 237 g/mol. The number of amides is 1. The highest BCUT2D eigenvalue weighted by atomic mass is 16.3. The highest BCUT2D eigenvalue weighted by Crippen LogP contribution is 2.13. The summed E-state index contributed by atoms with van der Waals surface area (Å²) in [5, 5.41) is 8.98. The first kappa shape index (κ1) is 15.5. The van der Waals surface area contributed by atoms with E-state index in [9.17, 15) is 4.79 Å². The van der Waals surface area contributed by atoms with Gasteiger partial charge in [-0.2, -0.15) is 0 Å². The van der Waals surface area contributed by atoms with Crippen LogP contribution in [0.2, 0.25) is 0 Å². The second-order valence-corrected chi connectivity index (χ2v) is 3.94. The van der Waals surface area contributed by atoms with Crippen LogP contribution in [0.3, 0.4) is 0 Å². The first-order valence-corrected chi connectivity index (χ1v) is 6.21. The van der Waals surface area contributed by atoms with Gasteiger partial charge in [0.15, 0.2) is 0 Å². The first-order chi connectivity index (χ1) is 8.13. The zero-order valence-electron chi connectivity index (χ0n) is 10.8. The summed E-state index contributed by atoms with van der Waals surface area (Å²) in [7, 11) is 0. The first-order valence-electron chi connectivity index (χ1n) is 6.21. The molecule has 3 N–H and O–H groups in total. The Kier molecular flexibility index (Phi) is 8.84. The molecule has 0 unspecified atom stereocenters. The van der Waals surface area contributed by atoms with Crippen LogP contribution in [-0.4, -0.2) is 11.0 Å². The van der Waals surface area contributed by atoms with Gasteiger partial charge in [0.25, 0.3) is 5.91 Å². The van der Waals surface area contributed by atoms with Gasteiger partial charge in [-0.3, -0.25) is 4.79 Å². The molecule has 0 saturated carbocycles. The van der Waals surface area contributed by atoms with Crippen molar-refractivity contribution in [1.29, 1.82) is 0 Å². The number of unbranched alkanes of at least 4 members (excludes halogenated alkanes) is 4. The minimum atomic E-state index is -0.613. The molecule has 0 spiro atoms. The Hall–Kier alpha value is -1.51. The van der Waals surface area contributed by atoms with Crippen molar-refractivity contribution in [2.45, 2.75) is 46.0 Å². The Morgan fingerprint density at radius 3 is 2.00 bits per heavy atom. The molecule has 0 bridgehead atoms. The molecule has 0 radical (unpaired) electrons. The van der Waals surface area contributed by atoms with Crippen molar-refractivity contribution >= 4 is 5.91 Å². The predicted octanol–water partition coefficient (Wildman–Crippen LogP) is 3.47. The summed E-state index contributed by atoms with van der Waals surface area (Å²) in [5.41, 5.74) is 5.07. The van der Waals surface area contributed by atoms with Crippen molar-refractivity contribution in [3.05, 3.63) is 29.8 Å². The Balaban J connectivity index is 0.000000325. The van der Waals surface area contributed by atoms with Crippen LogP contribution >= 0.6 is 0 Å². The molecule has 0 atom stereocenters. The normalized spacial score (nSPS) is 9.29. The number of carbonyl (C=O) groups is 1. The largest absolute Gasteiger partial charge is 0.507 e. The van der Waals surface area contributed by atoms with E-state index in [0.717, 1.165) is 0 Å². The van der Waals surface area contributed by atoms with Gasteiger partial charge in [0.2, 0.25) is 0 Å². The van der Waals surface area contributed by atoms with E-state index in [1.165, 1.54) is 44.2 Å². The van der Waals surface area contributed by atoms with Crippen LogP contribution in [0.25, 0.3) is 0 Å². The van der Waals surface area contributed by atoms with E-state index in [4.69, 9.17) is 10.8 Å². The fourth-order valence-corrected chi connectivity index (χ4v) is 1.36. The number of benzene rings is 1. The van der Waals surface area contributed by atoms with Crippen molar-refractivity contribution in [1.82, 2.24) is 0 Å². The van der Waals surface area contributed by atoms with Crippen LogP contribution in [0.15, 0.2) is 24.3 Å². The molecule has 17 heavy (non-hydrogen) atoms. The molecule has 0 aliphatic carbocycles. The molecule has 0 aliphatic heterocycles. The van der Waals surface area contributed by atoms with Gasteiger partial charge >= 0.3 is 0 Å². The van der Waals surface area contributed by atoms with Gasteiger partial charge in [-0.05, 0) is 12.1 Å². The summed E-state index contributed by atoms with van der Waals surface area (Å²) in [6.45, 7) is 4.49. The predicted molar refractivity (Wildman–Crippen MR) is 71.1 cm³/mol.